The molecule has 0 aliphatic carbocycles. The molecule has 0 saturated carbocycles. The minimum absolute atomic E-state index is 0.149. The van der Waals surface area contributed by atoms with Crippen molar-refractivity contribution in [2.45, 2.75) is 19.5 Å². The lowest BCUT2D eigenvalue weighted by Crippen LogP contribution is -2.22. The molecule has 0 fully saturated rings. The molecule has 0 aliphatic heterocycles. The number of hydrogen-bond donors (Lipinski definition) is 1. The van der Waals surface area contributed by atoms with Gasteiger partial charge in [-0.15, -0.1) is 11.3 Å². The number of halogens is 2. The third kappa shape index (κ3) is 2.90. The molecule has 0 saturated heterocycles. The van der Waals surface area contributed by atoms with E-state index in [1.165, 1.54) is 33.9 Å². The first-order chi connectivity index (χ1) is 10.5. The first-order valence-electron chi connectivity index (χ1n) is 6.69. The summed E-state index contributed by atoms with van der Waals surface area (Å²) in [5.74, 6) is -1.20. The Morgan fingerprint density at radius 1 is 1.36 bits per heavy atom. The maximum absolute atomic E-state index is 13.7. The Morgan fingerprint density at radius 3 is 2.95 bits per heavy atom. The van der Waals surface area contributed by atoms with Gasteiger partial charge in [-0.2, -0.15) is 0 Å². The average Bonchev–Trinajstić information content (AvgIpc) is 2.93. The Labute approximate surface area is 129 Å². The van der Waals surface area contributed by atoms with E-state index in [9.17, 15) is 13.6 Å². The van der Waals surface area contributed by atoms with E-state index in [4.69, 9.17) is 0 Å². The van der Waals surface area contributed by atoms with Crippen LogP contribution in [0.4, 0.5) is 8.78 Å². The lowest BCUT2D eigenvalue weighted by molar-refractivity contribution is 0.515. The third-order valence-electron chi connectivity index (χ3n) is 3.37. The fourth-order valence-corrected chi connectivity index (χ4v) is 2.94. The standard InChI is InChI=1S/C15H13F2N3OS/c1-9(12-3-2-10(16)6-13(12)17)18-8-11-7-14(21)20-4-5-22-15(20)19-11/h2-7,9,18H,8H2,1H3/t9-/m0/s1. The van der Waals surface area contributed by atoms with Gasteiger partial charge in [-0.05, 0) is 13.0 Å². The molecular weight excluding hydrogens is 308 g/mol. The minimum atomic E-state index is -0.605. The maximum Gasteiger partial charge on any atom is 0.258 e. The van der Waals surface area contributed by atoms with E-state index in [0.717, 1.165) is 6.07 Å². The molecule has 114 valence electrons. The van der Waals surface area contributed by atoms with Crippen molar-refractivity contribution in [2.75, 3.05) is 0 Å². The van der Waals surface area contributed by atoms with Gasteiger partial charge in [0.25, 0.3) is 5.56 Å². The molecule has 1 atom stereocenters. The lowest BCUT2D eigenvalue weighted by atomic mass is 10.1. The molecule has 7 heteroatoms. The molecular formula is C15H13F2N3OS. The largest absolute Gasteiger partial charge is 0.304 e. The summed E-state index contributed by atoms with van der Waals surface area (Å²) >= 11 is 1.37. The van der Waals surface area contributed by atoms with Crippen LogP contribution < -0.4 is 10.9 Å². The van der Waals surface area contributed by atoms with E-state index in [1.807, 2.05) is 0 Å². The molecule has 0 spiro atoms. The van der Waals surface area contributed by atoms with Crippen LogP contribution in [0, 0.1) is 11.6 Å². The summed E-state index contributed by atoms with van der Waals surface area (Å²) in [6.07, 6.45) is 1.67. The molecule has 2 heterocycles. The number of aromatic nitrogens is 2. The second kappa shape index (κ2) is 5.94. The normalized spacial score (nSPS) is 12.7. The van der Waals surface area contributed by atoms with Gasteiger partial charge in [0.2, 0.25) is 0 Å². The Morgan fingerprint density at radius 2 is 2.18 bits per heavy atom. The smallest absolute Gasteiger partial charge is 0.258 e. The second-order valence-corrected chi connectivity index (χ2v) is 5.78. The highest BCUT2D eigenvalue weighted by Crippen LogP contribution is 2.18. The van der Waals surface area contributed by atoms with E-state index < -0.39 is 11.6 Å². The van der Waals surface area contributed by atoms with Crippen molar-refractivity contribution in [3.05, 3.63) is 69.1 Å². The first-order valence-corrected chi connectivity index (χ1v) is 7.56. The van der Waals surface area contributed by atoms with Gasteiger partial charge < -0.3 is 5.32 Å². The molecule has 3 rings (SSSR count). The van der Waals surface area contributed by atoms with Gasteiger partial charge in [-0.3, -0.25) is 9.20 Å². The van der Waals surface area contributed by atoms with Crippen LogP contribution in [-0.2, 0) is 6.54 Å². The molecule has 0 unspecified atom stereocenters. The zero-order valence-electron chi connectivity index (χ0n) is 11.7. The van der Waals surface area contributed by atoms with Crippen LogP contribution >= 0.6 is 11.3 Å². The van der Waals surface area contributed by atoms with Crippen molar-refractivity contribution >= 4 is 16.3 Å². The predicted molar refractivity (Wildman–Crippen MR) is 81.0 cm³/mol. The molecule has 0 radical (unpaired) electrons. The van der Waals surface area contributed by atoms with E-state index in [1.54, 1.807) is 18.5 Å². The van der Waals surface area contributed by atoms with E-state index in [2.05, 4.69) is 10.3 Å². The summed E-state index contributed by atoms with van der Waals surface area (Å²) in [5, 5.41) is 4.88. The number of hydrogen-bond acceptors (Lipinski definition) is 4. The molecule has 2 aromatic heterocycles. The zero-order valence-corrected chi connectivity index (χ0v) is 12.5. The van der Waals surface area contributed by atoms with Crippen LogP contribution in [0.15, 0.2) is 40.6 Å². The first kappa shape index (κ1) is 14.8. The number of thiazole rings is 1. The predicted octanol–water partition coefficient (Wildman–Crippen LogP) is 2.89. The molecule has 3 aromatic rings. The van der Waals surface area contributed by atoms with Crippen molar-refractivity contribution in [1.82, 2.24) is 14.7 Å². The van der Waals surface area contributed by atoms with Gasteiger partial charge >= 0.3 is 0 Å². The number of rotatable bonds is 4. The molecule has 0 bridgehead atoms. The van der Waals surface area contributed by atoms with Gasteiger partial charge in [0.15, 0.2) is 4.96 Å². The van der Waals surface area contributed by atoms with Crippen molar-refractivity contribution in [2.24, 2.45) is 0 Å². The molecule has 1 N–H and O–H groups in total. The molecule has 1 aromatic carbocycles. The van der Waals surface area contributed by atoms with Crippen LogP contribution in [0.1, 0.15) is 24.2 Å². The quantitative estimate of drug-likeness (QED) is 0.804. The molecule has 0 amide bonds. The summed E-state index contributed by atoms with van der Waals surface area (Å²) in [4.78, 5) is 16.8. The highest BCUT2D eigenvalue weighted by Gasteiger charge is 2.12. The fourth-order valence-electron chi connectivity index (χ4n) is 2.20. The summed E-state index contributed by atoms with van der Waals surface area (Å²) in [7, 11) is 0. The number of fused-ring (bicyclic) bond motifs is 1. The fraction of sp³-hybridized carbons (Fsp3) is 0.200. The van der Waals surface area contributed by atoms with Gasteiger partial charge in [0.05, 0.1) is 5.69 Å². The average molecular weight is 321 g/mol. The minimum Gasteiger partial charge on any atom is -0.304 e. The van der Waals surface area contributed by atoms with Crippen LogP contribution in [-0.4, -0.2) is 9.38 Å². The van der Waals surface area contributed by atoms with Gasteiger partial charge in [-0.25, -0.2) is 13.8 Å². The van der Waals surface area contributed by atoms with Gasteiger partial charge in [0, 0.05) is 41.9 Å². The summed E-state index contributed by atoms with van der Waals surface area (Å²) in [6.45, 7) is 2.09. The summed E-state index contributed by atoms with van der Waals surface area (Å²) in [6, 6.07) is 4.60. The zero-order chi connectivity index (χ0) is 15.7. The number of nitrogens with zero attached hydrogens (tertiary/aromatic N) is 2. The Bertz CT molecular complexity index is 875. The van der Waals surface area contributed by atoms with E-state index in [0.29, 0.717) is 22.8 Å². The Balaban J connectivity index is 1.77. The molecule has 4 nitrogen and oxygen atoms in total. The van der Waals surface area contributed by atoms with Crippen LogP contribution in [0.2, 0.25) is 0 Å². The number of nitrogens with one attached hydrogen (secondary N) is 1. The van der Waals surface area contributed by atoms with Crippen LogP contribution in [0.5, 0.6) is 0 Å². The topological polar surface area (TPSA) is 46.4 Å². The van der Waals surface area contributed by atoms with E-state index in [-0.39, 0.29) is 11.6 Å². The number of benzene rings is 1. The van der Waals surface area contributed by atoms with Gasteiger partial charge in [0.1, 0.15) is 11.6 Å². The third-order valence-corrected chi connectivity index (χ3v) is 4.13. The Kier molecular flexibility index (Phi) is 4.00. The molecule has 0 aliphatic rings. The van der Waals surface area contributed by atoms with Crippen molar-refractivity contribution in [3.8, 4) is 0 Å². The van der Waals surface area contributed by atoms with Crippen LogP contribution in [0.3, 0.4) is 0 Å². The highest BCUT2D eigenvalue weighted by atomic mass is 32.1. The summed E-state index contributed by atoms with van der Waals surface area (Å²) in [5.41, 5.74) is 0.806. The summed E-state index contributed by atoms with van der Waals surface area (Å²) < 4.78 is 28.1. The van der Waals surface area contributed by atoms with Crippen molar-refractivity contribution < 1.29 is 8.78 Å². The van der Waals surface area contributed by atoms with Crippen molar-refractivity contribution in [1.29, 1.82) is 0 Å². The second-order valence-electron chi connectivity index (χ2n) is 4.91. The molecule has 22 heavy (non-hydrogen) atoms. The van der Waals surface area contributed by atoms with E-state index >= 15 is 0 Å². The van der Waals surface area contributed by atoms with Gasteiger partial charge in [-0.1, -0.05) is 6.07 Å². The maximum atomic E-state index is 13.7. The Hall–Kier alpha value is -2.12. The monoisotopic (exact) mass is 321 g/mol. The highest BCUT2D eigenvalue weighted by molar-refractivity contribution is 7.15. The van der Waals surface area contributed by atoms with Crippen molar-refractivity contribution in [3.63, 3.8) is 0 Å². The lowest BCUT2D eigenvalue weighted by Gasteiger charge is -2.14. The SMILES string of the molecule is C[C@H](NCc1cc(=O)n2ccsc2n1)c1ccc(F)cc1F. The van der Waals surface area contributed by atoms with Crippen LogP contribution in [0.25, 0.3) is 4.96 Å².